The standard InChI is InChI=1S/C20H28N4O3/c1-11(2)7-16-19(26)24-10-15(9-17(24)18(25)23-16)22-20(27)21-14-6-5-12(3)13(4)8-14/h5-6,8,11,15-17H,7,9-10H2,1-4H3,(H,23,25)(H2,21,22,27)/t15-,16+,17-/m0/s1. The first-order valence-corrected chi connectivity index (χ1v) is 9.50. The summed E-state index contributed by atoms with van der Waals surface area (Å²) in [5, 5.41) is 8.55. The molecule has 27 heavy (non-hydrogen) atoms. The monoisotopic (exact) mass is 372 g/mol. The fraction of sp³-hybridized carbons (Fsp3) is 0.550. The van der Waals surface area contributed by atoms with E-state index < -0.39 is 12.1 Å². The number of nitrogens with zero attached hydrogens (tertiary/aromatic N) is 1. The van der Waals surface area contributed by atoms with Gasteiger partial charge in [-0.1, -0.05) is 19.9 Å². The van der Waals surface area contributed by atoms with Crippen molar-refractivity contribution in [3.05, 3.63) is 29.3 Å². The fourth-order valence-electron chi connectivity index (χ4n) is 3.77. The number of amides is 4. The third kappa shape index (κ3) is 4.23. The van der Waals surface area contributed by atoms with Crippen LogP contribution in [0.4, 0.5) is 10.5 Å². The Hall–Kier alpha value is -2.57. The summed E-state index contributed by atoms with van der Waals surface area (Å²) in [5.41, 5.74) is 2.98. The first kappa shape index (κ1) is 19.2. The van der Waals surface area contributed by atoms with E-state index in [1.54, 1.807) is 4.90 Å². The first-order valence-electron chi connectivity index (χ1n) is 9.50. The van der Waals surface area contributed by atoms with Crippen molar-refractivity contribution < 1.29 is 14.4 Å². The van der Waals surface area contributed by atoms with Gasteiger partial charge >= 0.3 is 6.03 Å². The number of carbonyl (C=O) groups is 3. The summed E-state index contributed by atoms with van der Waals surface area (Å²) in [4.78, 5) is 39.0. The molecule has 0 spiro atoms. The second kappa shape index (κ2) is 7.58. The molecule has 0 radical (unpaired) electrons. The maximum atomic E-state index is 12.7. The van der Waals surface area contributed by atoms with Crippen molar-refractivity contribution in [1.29, 1.82) is 0 Å². The van der Waals surface area contributed by atoms with Gasteiger partial charge in [-0.25, -0.2) is 4.79 Å². The molecule has 7 nitrogen and oxygen atoms in total. The van der Waals surface area contributed by atoms with Crippen LogP contribution in [-0.4, -0.2) is 47.4 Å². The van der Waals surface area contributed by atoms with Crippen molar-refractivity contribution >= 4 is 23.5 Å². The Morgan fingerprint density at radius 2 is 2.00 bits per heavy atom. The number of urea groups is 1. The molecule has 2 aliphatic heterocycles. The molecular weight excluding hydrogens is 344 g/mol. The maximum Gasteiger partial charge on any atom is 0.319 e. The lowest BCUT2D eigenvalue weighted by molar-refractivity contribution is -0.147. The first-order chi connectivity index (χ1) is 12.7. The molecule has 2 aliphatic rings. The minimum Gasteiger partial charge on any atom is -0.342 e. The highest BCUT2D eigenvalue weighted by atomic mass is 16.2. The number of nitrogens with one attached hydrogen (secondary N) is 3. The minimum atomic E-state index is -0.493. The van der Waals surface area contributed by atoms with Crippen LogP contribution >= 0.6 is 0 Å². The number of hydrogen-bond donors (Lipinski definition) is 3. The molecule has 0 unspecified atom stereocenters. The highest BCUT2D eigenvalue weighted by Gasteiger charge is 2.46. The van der Waals surface area contributed by atoms with Gasteiger partial charge in [0.25, 0.3) is 0 Å². The SMILES string of the molecule is Cc1ccc(NC(=O)N[C@H]2C[C@H]3C(=O)N[C@H](CC(C)C)C(=O)N3C2)cc1C. The lowest BCUT2D eigenvalue weighted by atomic mass is 9.99. The van der Waals surface area contributed by atoms with Gasteiger partial charge in [0.15, 0.2) is 0 Å². The van der Waals surface area contributed by atoms with E-state index in [0.717, 1.165) is 16.8 Å². The summed E-state index contributed by atoms with van der Waals surface area (Å²) in [5.74, 6) is 0.141. The molecule has 0 saturated carbocycles. The fourth-order valence-corrected chi connectivity index (χ4v) is 3.77. The Morgan fingerprint density at radius 3 is 2.67 bits per heavy atom. The van der Waals surface area contributed by atoms with Crippen LogP contribution in [0.2, 0.25) is 0 Å². The molecule has 2 fully saturated rings. The third-order valence-electron chi connectivity index (χ3n) is 5.31. The van der Waals surface area contributed by atoms with E-state index in [4.69, 9.17) is 0 Å². The molecule has 4 amide bonds. The molecular formula is C20H28N4O3. The molecule has 2 saturated heterocycles. The van der Waals surface area contributed by atoms with Gasteiger partial charge < -0.3 is 20.9 Å². The zero-order valence-corrected chi connectivity index (χ0v) is 16.3. The van der Waals surface area contributed by atoms with Crippen molar-refractivity contribution in [2.75, 3.05) is 11.9 Å². The molecule has 1 aromatic carbocycles. The zero-order chi connectivity index (χ0) is 19.7. The summed E-state index contributed by atoms with van der Waals surface area (Å²) < 4.78 is 0. The molecule has 3 N–H and O–H groups in total. The van der Waals surface area contributed by atoms with Gasteiger partial charge in [-0.2, -0.15) is 0 Å². The van der Waals surface area contributed by atoms with Crippen LogP contribution in [0.5, 0.6) is 0 Å². The number of anilines is 1. The molecule has 2 heterocycles. The Balaban J connectivity index is 1.60. The van der Waals surface area contributed by atoms with Crippen LogP contribution < -0.4 is 16.0 Å². The van der Waals surface area contributed by atoms with Gasteiger partial charge in [0.05, 0.1) is 6.04 Å². The van der Waals surface area contributed by atoms with E-state index in [9.17, 15) is 14.4 Å². The van der Waals surface area contributed by atoms with E-state index in [0.29, 0.717) is 25.3 Å². The van der Waals surface area contributed by atoms with E-state index in [2.05, 4.69) is 16.0 Å². The Bertz CT molecular complexity index is 762. The average Bonchev–Trinajstić information content (AvgIpc) is 3.00. The minimum absolute atomic E-state index is 0.0489. The van der Waals surface area contributed by atoms with Crippen LogP contribution in [0.15, 0.2) is 18.2 Å². The predicted molar refractivity (Wildman–Crippen MR) is 103 cm³/mol. The predicted octanol–water partition coefficient (Wildman–Crippen LogP) is 1.94. The molecule has 0 aliphatic carbocycles. The van der Waals surface area contributed by atoms with Crippen molar-refractivity contribution in [2.45, 2.75) is 58.7 Å². The highest BCUT2D eigenvalue weighted by Crippen LogP contribution is 2.25. The molecule has 146 valence electrons. The maximum absolute atomic E-state index is 12.7. The smallest absolute Gasteiger partial charge is 0.319 e. The summed E-state index contributed by atoms with van der Waals surface area (Å²) in [6.45, 7) is 8.42. The van der Waals surface area contributed by atoms with Gasteiger partial charge in [0.1, 0.15) is 12.1 Å². The number of carbonyl (C=O) groups excluding carboxylic acids is 3. The second-order valence-electron chi connectivity index (χ2n) is 8.03. The quantitative estimate of drug-likeness (QED) is 0.754. The number of aryl methyl sites for hydroxylation is 2. The van der Waals surface area contributed by atoms with Crippen molar-refractivity contribution in [3.63, 3.8) is 0 Å². The highest BCUT2D eigenvalue weighted by molar-refractivity contribution is 5.98. The summed E-state index contributed by atoms with van der Waals surface area (Å²) in [7, 11) is 0. The number of fused-ring (bicyclic) bond motifs is 1. The van der Waals surface area contributed by atoms with E-state index >= 15 is 0 Å². The third-order valence-corrected chi connectivity index (χ3v) is 5.31. The van der Waals surface area contributed by atoms with Crippen LogP contribution in [0.1, 0.15) is 37.8 Å². The number of benzene rings is 1. The van der Waals surface area contributed by atoms with Gasteiger partial charge in [-0.05, 0) is 55.9 Å². The van der Waals surface area contributed by atoms with Crippen molar-refractivity contribution in [2.24, 2.45) is 5.92 Å². The Kier molecular flexibility index (Phi) is 5.39. The average molecular weight is 372 g/mol. The summed E-state index contributed by atoms with van der Waals surface area (Å²) in [6.07, 6.45) is 1.06. The van der Waals surface area contributed by atoms with Gasteiger partial charge in [-0.3, -0.25) is 9.59 Å². The van der Waals surface area contributed by atoms with Crippen LogP contribution in [0.25, 0.3) is 0 Å². The van der Waals surface area contributed by atoms with Crippen LogP contribution in [0.3, 0.4) is 0 Å². The van der Waals surface area contributed by atoms with Crippen molar-refractivity contribution in [1.82, 2.24) is 15.5 Å². The lowest BCUT2D eigenvalue weighted by Crippen LogP contribution is -2.61. The summed E-state index contributed by atoms with van der Waals surface area (Å²) >= 11 is 0. The lowest BCUT2D eigenvalue weighted by Gasteiger charge is -2.35. The van der Waals surface area contributed by atoms with E-state index in [1.807, 2.05) is 45.9 Å². The largest absolute Gasteiger partial charge is 0.342 e. The van der Waals surface area contributed by atoms with Gasteiger partial charge in [0.2, 0.25) is 11.8 Å². The van der Waals surface area contributed by atoms with Crippen LogP contribution in [-0.2, 0) is 9.59 Å². The van der Waals surface area contributed by atoms with Gasteiger partial charge in [0, 0.05) is 12.2 Å². The number of rotatable bonds is 4. The Labute approximate surface area is 159 Å². The van der Waals surface area contributed by atoms with E-state index in [-0.39, 0.29) is 23.9 Å². The Morgan fingerprint density at radius 1 is 1.26 bits per heavy atom. The molecule has 3 rings (SSSR count). The molecule has 7 heteroatoms. The normalized spacial score (nSPS) is 24.6. The molecule has 0 aromatic heterocycles. The molecule has 1 aromatic rings. The van der Waals surface area contributed by atoms with Crippen LogP contribution in [0, 0.1) is 19.8 Å². The molecule has 3 atom stereocenters. The molecule has 0 bridgehead atoms. The van der Waals surface area contributed by atoms with Crippen molar-refractivity contribution in [3.8, 4) is 0 Å². The van der Waals surface area contributed by atoms with Gasteiger partial charge in [-0.15, -0.1) is 0 Å². The zero-order valence-electron chi connectivity index (χ0n) is 16.3. The van der Waals surface area contributed by atoms with E-state index in [1.165, 1.54) is 0 Å². The summed E-state index contributed by atoms with van der Waals surface area (Å²) in [6, 6.07) is 4.21. The second-order valence-corrected chi connectivity index (χ2v) is 8.03. The topological polar surface area (TPSA) is 90.5 Å². The number of piperazine rings is 1. The number of hydrogen-bond acceptors (Lipinski definition) is 3.